The number of hydrogen-bond acceptors (Lipinski definition) is 2. The van der Waals surface area contributed by atoms with E-state index in [1.54, 1.807) is 0 Å². The van der Waals surface area contributed by atoms with E-state index in [-0.39, 0.29) is 0 Å². The van der Waals surface area contributed by atoms with E-state index in [1.165, 1.54) is 42.7 Å². The van der Waals surface area contributed by atoms with Crippen molar-refractivity contribution in [2.24, 2.45) is 0 Å². The third-order valence-electron chi connectivity index (χ3n) is 4.96. The molecule has 0 aromatic heterocycles. The van der Waals surface area contributed by atoms with Gasteiger partial charge >= 0.3 is 0 Å². The Bertz CT molecular complexity index is 397. The van der Waals surface area contributed by atoms with Gasteiger partial charge in [0.05, 0.1) is 6.61 Å². The van der Waals surface area contributed by atoms with E-state index in [0.29, 0.717) is 0 Å². The molecule has 0 bridgehead atoms. The van der Waals surface area contributed by atoms with Crippen LogP contribution in [0.25, 0.3) is 0 Å². The first-order chi connectivity index (χ1) is 10.5. The predicted octanol–water partition coefficient (Wildman–Crippen LogP) is 5.39. The van der Waals surface area contributed by atoms with E-state index in [1.807, 2.05) is 0 Å². The van der Waals surface area contributed by atoms with E-state index in [4.69, 9.17) is 4.43 Å². The normalized spacial score (nSPS) is 12.6. The van der Waals surface area contributed by atoms with Crippen molar-refractivity contribution in [3.05, 3.63) is 35.9 Å². The maximum absolute atomic E-state index is 6.25. The number of rotatable bonds is 11. The Kier molecular flexibility index (Phi) is 8.61. The van der Waals surface area contributed by atoms with E-state index in [0.717, 1.165) is 6.61 Å². The summed E-state index contributed by atoms with van der Waals surface area (Å²) in [6.07, 6.45) is 1.25. The Morgan fingerprint density at radius 1 is 0.955 bits per heavy atom. The highest BCUT2D eigenvalue weighted by atomic mass is 28.4. The monoisotopic (exact) mass is 337 g/mol. The summed E-state index contributed by atoms with van der Waals surface area (Å²) in [5.41, 5.74) is 1.29. The molecule has 22 heavy (non-hydrogen) atoms. The fourth-order valence-electron chi connectivity index (χ4n) is 2.92. The van der Waals surface area contributed by atoms with Crippen molar-refractivity contribution in [2.45, 2.75) is 71.1 Å². The van der Waals surface area contributed by atoms with Gasteiger partial charge in [-0.1, -0.05) is 51.1 Å². The summed E-state index contributed by atoms with van der Waals surface area (Å²) >= 11 is 0. The van der Waals surface area contributed by atoms with Crippen LogP contribution in [-0.2, 0) is 11.0 Å². The minimum atomic E-state index is -1.54. The van der Waals surface area contributed by atoms with Crippen molar-refractivity contribution in [3.8, 4) is 0 Å². The fraction of sp³-hybridized carbons (Fsp3) is 0.667. The molecule has 2 nitrogen and oxygen atoms in total. The van der Waals surface area contributed by atoms with E-state index < -0.39 is 16.6 Å². The Morgan fingerprint density at radius 2 is 1.55 bits per heavy atom. The number of hydrogen-bond donors (Lipinski definition) is 1. The van der Waals surface area contributed by atoms with Crippen molar-refractivity contribution < 1.29 is 4.43 Å². The van der Waals surface area contributed by atoms with Gasteiger partial charge in [-0.25, -0.2) is 0 Å². The summed E-state index contributed by atoms with van der Waals surface area (Å²) < 4.78 is 6.25. The van der Waals surface area contributed by atoms with Crippen LogP contribution >= 0.6 is 0 Å². The summed E-state index contributed by atoms with van der Waals surface area (Å²) in [5, 5.41) is 0. The third kappa shape index (κ3) is 6.77. The largest absolute Gasteiger partial charge is 0.413 e. The Hall–Kier alpha value is -0.426. The molecule has 0 heterocycles. The lowest BCUT2D eigenvalue weighted by atomic mass is 10.2. The second-order valence-corrected chi connectivity index (χ2v) is 16.2. The first kappa shape index (κ1) is 19.6. The lowest BCUT2D eigenvalue weighted by molar-refractivity contribution is 0.294. The van der Waals surface area contributed by atoms with Crippen LogP contribution in [0, 0.1) is 0 Å². The molecule has 0 spiro atoms. The van der Waals surface area contributed by atoms with Crippen molar-refractivity contribution in [1.29, 1.82) is 0 Å². The van der Waals surface area contributed by atoms with Crippen molar-refractivity contribution >= 4 is 16.6 Å². The standard InChI is InChI=1S/C18H35NOSi2/c1-6-22(7-2,8-3)19-15-12-16-21(4,5)20-17-18-13-10-9-11-14-18/h9-11,13-14,19H,6-8,12,15-17H2,1-5H3. The van der Waals surface area contributed by atoms with Crippen LogP contribution in [0.2, 0.25) is 37.3 Å². The molecule has 0 aliphatic carbocycles. The van der Waals surface area contributed by atoms with Crippen molar-refractivity contribution in [1.82, 2.24) is 4.98 Å². The van der Waals surface area contributed by atoms with E-state index in [9.17, 15) is 0 Å². The Balaban J connectivity index is 2.30. The van der Waals surface area contributed by atoms with Crippen LogP contribution in [0.1, 0.15) is 32.8 Å². The lowest BCUT2D eigenvalue weighted by Gasteiger charge is -2.30. The zero-order valence-corrected chi connectivity index (χ0v) is 17.2. The maximum Gasteiger partial charge on any atom is 0.187 e. The van der Waals surface area contributed by atoms with Crippen LogP contribution in [0.15, 0.2) is 30.3 Å². The van der Waals surface area contributed by atoms with Gasteiger partial charge < -0.3 is 9.41 Å². The van der Waals surface area contributed by atoms with Gasteiger partial charge in [0, 0.05) is 0 Å². The maximum atomic E-state index is 6.25. The van der Waals surface area contributed by atoms with Crippen LogP contribution < -0.4 is 4.98 Å². The van der Waals surface area contributed by atoms with Gasteiger partial charge in [0.1, 0.15) is 8.24 Å². The second-order valence-electron chi connectivity index (χ2n) is 6.91. The SMILES string of the molecule is CC[Si](CC)(CC)NCCC[Si](C)(C)OCc1ccccc1. The minimum Gasteiger partial charge on any atom is -0.413 e. The second kappa shape index (κ2) is 9.65. The molecule has 1 aromatic carbocycles. The highest BCUT2D eigenvalue weighted by Gasteiger charge is 2.27. The molecule has 126 valence electrons. The Morgan fingerprint density at radius 3 is 2.09 bits per heavy atom. The molecule has 1 rings (SSSR count). The van der Waals surface area contributed by atoms with Gasteiger partial charge in [-0.05, 0) is 55.8 Å². The fourth-order valence-corrected chi connectivity index (χ4v) is 7.60. The highest BCUT2D eigenvalue weighted by molar-refractivity contribution is 6.77. The van der Waals surface area contributed by atoms with Crippen LogP contribution in [0.5, 0.6) is 0 Å². The molecule has 0 unspecified atom stereocenters. The first-order valence-corrected chi connectivity index (χ1v) is 14.6. The zero-order chi connectivity index (χ0) is 16.5. The molecule has 0 atom stereocenters. The van der Waals surface area contributed by atoms with Crippen LogP contribution in [0.4, 0.5) is 0 Å². The molecule has 1 aromatic rings. The van der Waals surface area contributed by atoms with Gasteiger partial charge in [-0.2, -0.15) is 0 Å². The lowest BCUT2D eigenvalue weighted by Crippen LogP contribution is -2.49. The number of benzene rings is 1. The topological polar surface area (TPSA) is 21.3 Å². The highest BCUT2D eigenvalue weighted by Crippen LogP contribution is 2.19. The first-order valence-electron chi connectivity index (χ1n) is 8.90. The van der Waals surface area contributed by atoms with Gasteiger partial charge in [0.15, 0.2) is 8.32 Å². The van der Waals surface area contributed by atoms with Crippen LogP contribution in [-0.4, -0.2) is 23.1 Å². The third-order valence-corrected chi connectivity index (χ3v) is 12.5. The summed E-state index contributed by atoms with van der Waals surface area (Å²) in [7, 11) is -2.70. The van der Waals surface area contributed by atoms with Gasteiger partial charge in [-0.3, -0.25) is 0 Å². The molecule has 0 fully saturated rings. The molecule has 0 aliphatic rings. The quantitative estimate of drug-likeness (QED) is 0.431. The molecule has 0 aliphatic heterocycles. The molecular formula is C18H35NOSi2. The summed E-state index contributed by atoms with van der Waals surface area (Å²) in [6, 6.07) is 15.8. The van der Waals surface area contributed by atoms with Crippen molar-refractivity contribution in [3.63, 3.8) is 0 Å². The van der Waals surface area contributed by atoms with Crippen LogP contribution in [0.3, 0.4) is 0 Å². The minimum absolute atomic E-state index is 0.769. The smallest absolute Gasteiger partial charge is 0.187 e. The number of nitrogens with one attached hydrogen (secondary N) is 1. The van der Waals surface area contributed by atoms with Gasteiger partial charge in [0.25, 0.3) is 0 Å². The van der Waals surface area contributed by atoms with Gasteiger partial charge in [-0.15, -0.1) is 0 Å². The summed E-state index contributed by atoms with van der Waals surface area (Å²) in [6.45, 7) is 13.7. The summed E-state index contributed by atoms with van der Waals surface area (Å²) in [4.78, 5) is 3.93. The molecular weight excluding hydrogens is 302 g/mol. The summed E-state index contributed by atoms with van der Waals surface area (Å²) in [5.74, 6) is 0. The zero-order valence-electron chi connectivity index (χ0n) is 15.2. The Labute approximate surface area is 139 Å². The molecule has 0 amide bonds. The average Bonchev–Trinajstić information content (AvgIpc) is 2.55. The molecule has 0 saturated carbocycles. The average molecular weight is 338 g/mol. The molecule has 0 radical (unpaired) electrons. The molecule has 0 saturated heterocycles. The predicted molar refractivity (Wildman–Crippen MR) is 103 cm³/mol. The van der Waals surface area contributed by atoms with Crippen molar-refractivity contribution in [2.75, 3.05) is 6.54 Å². The van der Waals surface area contributed by atoms with Gasteiger partial charge in [0.2, 0.25) is 0 Å². The molecule has 4 heteroatoms. The van der Waals surface area contributed by atoms with E-state index in [2.05, 4.69) is 69.2 Å². The van der Waals surface area contributed by atoms with E-state index >= 15 is 0 Å². The molecule has 1 N–H and O–H groups in total.